The Labute approximate surface area is 128 Å². The zero-order valence-corrected chi connectivity index (χ0v) is 15.4. The maximum atomic E-state index is 11.8. The fraction of sp³-hybridized carbons (Fsp3) is 0.867. The summed E-state index contributed by atoms with van der Waals surface area (Å²) in [6.45, 7) is 16.4. The summed E-state index contributed by atoms with van der Waals surface area (Å²) in [6, 6.07) is 0. The molecule has 0 aromatic rings. The van der Waals surface area contributed by atoms with Crippen LogP contribution in [0.5, 0.6) is 0 Å². The van der Waals surface area contributed by atoms with Crippen molar-refractivity contribution in [3.05, 3.63) is 0 Å². The lowest BCUT2D eigenvalue weighted by atomic mass is 9.93. The molecule has 0 bridgehead atoms. The third kappa shape index (κ3) is 3.66. The van der Waals surface area contributed by atoms with Crippen LogP contribution in [0.15, 0.2) is 0 Å². The topological polar surface area (TPSA) is 64.6 Å². The maximum absolute atomic E-state index is 11.8. The monoisotopic (exact) mass is 315 g/mol. The van der Waals surface area contributed by atoms with Crippen LogP contribution in [0.4, 0.5) is 0 Å². The third-order valence-corrected chi connectivity index (χ3v) is 9.83. The van der Waals surface area contributed by atoms with E-state index in [1.165, 1.54) is 6.92 Å². The van der Waals surface area contributed by atoms with Gasteiger partial charge in [-0.15, -0.1) is 0 Å². The van der Waals surface area contributed by atoms with Crippen molar-refractivity contribution in [2.24, 2.45) is 11.8 Å². The van der Waals surface area contributed by atoms with Gasteiger partial charge < -0.3 is 14.5 Å². The van der Waals surface area contributed by atoms with E-state index in [9.17, 15) is 9.59 Å². The average Bonchev–Trinajstić information content (AvgIpc) is 2.25. The first-order chi connectivity index (χ1) is 9.40. The summed E-state index contributed by atoms with van der Waals surface area (Å²) in [6.07, 6.45) is -0.820. The van der Waals surface area contributed by atoms with E-state index in [4.69, 9.17) is 9.16 Å². The molecule has 0 aliphatic carbocycles. The van der Waals surface area contributed by atoms with Crippen LogP contribution < -0.4 is 5.32 Å². The van der Waals surface area contributed by atoms with Crippen molar-refractivity contribution in [1.29, 1.82) is 0 Å². The molecule has 0 radical (unpaired) electrons. The van der Waals surface area contributed by atoms with E-state index in [1.807, 2.05) is 6.92 Å². The van der Waals surface area contributed by atoms with E-state index in [1.54, 1.807) is 0 Å². The fourth-order valence-electron chi connectivity index (χ4n) is 2.49. The van der Waals surface area contributed by atoms with Crippen LogP contribution in [0, 0.1) is 11.8 Å². The average molecular weight is 315 g/mol. The van der Waals surface area contributed by atoms with Crippen LogP contribution in [0.25, 0.3) is 0 Å². The number of esters is 1. The van der Waals surface area contributed by atoms with Gasteiger partial charge >= 0.3 is 5.97 Å². The van der Waals surface area contributed by atoms with Gasteiger partial charge in [0, 0.05) is 6.92 Å². The summed E-state index contributed by atoms with van der Waals surface area (Å²) >= 11 is 0. The molecule has 0 aromatic heterocycles. The Hall–Kier alpha value is -0.883. The van der Waals surface area contributed by atoms with Gasteiger partial charge in [-0.05, 0) is 31.0 Å². The minimum Gasteiger partial charge on any atom is -0.441 e. The van der Waals surface area contributed by atoms with Gasteiger partial charge in [0.05, 0.1) is 6.10 Å². The van der Waals surface area contributed by atoms with Crippen LogP contribution in [-0.4, -0.2) is 32.5 Å². The highest BCUT2D eigenvalue weighted by atomic mass is 28.4. The molecular weight excluding hydrogens is 286 g/mol. The van der Waals surface area contributed by atoms with Crippen LogP contribution >= 0.6 is 0 Å². The Morgan fingerprint density at radius 2 is 1.81 bits per heavy atom. The van der Waals surface area contributed by atoms with Crippen molar-refractivity contribution in [1.82, 2.24) is 5.32 Å². The first kappa shape index (κ1) is 18.2. The Morgan fingerprint density at radius 3 is 2.19 bits per heavy atom. The molecule has 1 fully saturated rings. The summed E-state index contributed by atoms with van der Waals surface area (Å²) in [7, 11) is -2.02. The highest BCUT2D eigenvalue weighted by molar-refractivity contribution is 6.74. The van der Waals surface area contributed by atoms with E-state index in [2.05, 4.69) is 46.1 Å². The molecular formula is C15H29NO4Si. The highest BCUT2D eigenvalue weighted by Crippen LogP contribution is 2.45. The molecule has 122 valence electrons. The molecule has 3 atom stereocenters. The number of carbonyl (C=O) groups is 2. The third-order valence-electron chi connectivity index (χ3n) is 5.19. The molecule has 3 unspecified atom stereocenters. The minimum absolute atomic E-state index is 0.0818. The van der Waals surface area contributed by atoms with E-state index < -0.39 is 26.4 Å². The first-order valence-corrected chi connectivity index (χ1v) is 10.5. The van der Waals surface area contributed by atoms with Gasteiger partial charge in [0.25, 0.3) is 0 Å². The van der Waals surface area contributed by atoms with Crippen LogP contribution in [0.3, 0.4) is 0 Å². The van der Waals surface area contributed by atoms with Gasteiger partial charge in [-0.2, -0.15) is 0 Å². The van der Waals surface area contributed by atoms with Crippen LogP contribution in [0.2, 0.25) is 18.1 Å². The van der Waals surface area contributed by atoms with Gasteiger partial charge in [0.1, 0.15) is 5.92 Å². The van der Waals surface area contributed by atoms with E-state index in [0.717, 1.165) is 0 Å². The summed E-state index contributed by atoms with van der Waals surface area (Å²) in [5.74, 6) is -0.424. The largest absolute Gasteiger partial charge is 0.441 e. The number of hydrogen-bond acceptors (Lipinski definition) is 4. The van der Waals surface area contributed by atoms with Crippen molar-refractivity contribution >= 4 is 20.2 Å². The molecule has 0 aromatic carbocycles. The van der Waals surface area contributed by atoms with Gasteiger partial charge in [-0.3, -0.25) is 9.59 Å². The Morgan fingerprint density at radius 1 is 1.29 bits per heavy atom. The number of amides is 1. The molecule has 0 spiro atoms. The van der Waals surface area contributed by atoms with Gasteiger partial charge in [-0.25, -0.2) is 0 Å². The van der Waals surface area contributed by atoms with Crippen LogP contribution in [0.1, 0.15) is 41.5 Å². The molecule has 1 aliphatic heterocycles. The zero-order valence-electron chi connectivity index (χ0n) is 14.4. The first-order valence-electron chi connectivity index (χ1n) is 7.55. The lowest BCUT2D eigenvalue weighted by molar-refractivity contribution is -0.173. The Balaban J connectivity index is 2.77. The lowest BCUT2D eigenvalue weighted by Gasteiger charge is -2.47. The second-order valence-electron chi connectivity index (χ2n) is 7.27. The summed E-state index contributed by atoms with van der Waals surface area (Å²) in [5, 5.41) is 2.69. The molecule has 1 heterocycles. The van der Waals surface area contributed by atoms with Gasteiger partial charge in [0.15, 0.2) is 14.5 Å². The normalized spacial score (nSPS) is 24.3. The summed E-state index contributed by atoms with van der Waals surface area (Å²) in [4.78, 5) is 22.8. The van der Waals surface area contributed by atoms with Crippen molar-refractivity contribution in [2.75, 3.05) is 0 Å². The number of carbonyl (C=O) groups excluding carboxylic acids is 2. The molecule has 0 saturated carbocycles. The minimum atomic E-state index is -2.02. The van der Waals surface area contributed by atoms with E-state index >= 15 is 0 Å². The smallest absolute Gasteiger partial charge is 0.304 e. The second-order valence-corrected chi connectivity index (χ2v) is 11.8. The number of ether oxygens (including phenoxy) is 1. The quantitative estimate of drug-likeness (QED) is 0.465. The highest BCUT2D eigenvalue weighted by Gasteiger charge is 2.50. The van der Waals surface area contributed by atoms with Crippen molar-refractivity contribution in [3.63, 3.8) is 0 Å². The van der Waals surface area contributed by atoms with E-state index in [-0.39, 0.29) is 17.0 Å². The SMILES string of the molecule is CC(=O)OC1NC(=O)C1C(C)O[Si](C)(C)C(C)(C)C(C)C. The standard InChI is InChI=1S/C15H29NO4Si/c1-9(2)15(5,6)21(7,8)20-10(3)12-13(18)16-14(12)19-11(4)17/h9-10,12,14H,1-8H3,(H,16,18). The Kier molecular flexibility index (Phi) is 5.26. The molecule has 6 heteroatoms. The predicted octanol–water partition coefficient (Wildman–Crippen LogP) is 2.67. The van der Waals surface area contributed by atoms with Crippen molar-refractivity contribution < 1.29 is 18.8 Å². The number of hydrogen-bond donors (Lipinski definition) is 1. The van der Waals surface area contributed by atoms with Crippen molar-refractivity contribution in [3.8, 4) is 0 Å². The van der Waals surface area contributed by atoms with Crippen molar-refractivity contribution in [2.45, 2.75) is 72.0 Å². The molecule has 1 aliphatic rings. The summed E-state index contributed by atoms with van der Waals surface area (Å²) < 4.78 is 11.4. The Bertz CT molecular complexity index is 420. The van der Waals surface area contributed by atoms with Crippen LogP contribution in [-0.2, 0) is 18.8 Å². The molecule has 21 heavy (non-hydrogen) atoms. The maximum Gasteiger partial charge on any atom is 0.304 e. The number of β-lactam (4-membered cyclic amide) rings is 1. The number of rotatable bonds is 6. The number of nitrogens with one attached hydrogen (secondary N) is 1. The molecule has 1 saturated heterocycles. The van der Waals surface area contributed by atoms with E-state index in [0.29, 0.717) is 5.92 Å². The van der Waals surface area contributed by atoms with Gasteiger partial charge in [-0.1, -0.05) is 27.7 Å². The van der Waals surface area contributed by atoms with Gasteiger partial charge in [0.2, 0.25) is 5.91 Å². The fourth-order valence-corrected chi connectivity index (χ4v) is 5.26. The summed E-state index contributed by atoms with van der Waals surface area (Å²) in [5.41, 5.74) is 0. The second kappa shape index (κ2) is 6.08. The zero-order chi connectivity index (χ0) is 16.6. The molecule has 1 N–H and O–H groups in total. The molecule has 5 nitrogen and oxygen atoms in total. The molecule has 1 amide bonds. The lowest BCUT2D eigenvalue weighted by Crippen LogP contribution is -2.65. The predicted molar refractivity (Wildman–Crippen MR) is 84.1 cm³/mol. The molecule has 1 rings (SSSR count).